The van der Waals surface area contributed by atoms with Crippen LogP contribution in [0.25, 0.3) is 0 Å². The minimum atomic E-state index is 0. The molecule has 0 saturated heterocycles. The van der Waals surface area contributed by atoms with Crippen LogP contribution < -0.4 is 10.5 Å². The lowest BCUT2D eigenvalue weighted by Crippen LogP contribution is -2.37. The van der Waals surface area contributed by atoms with Crippen LogP contribution in [0.2, 0.25) is 0 Å². The zero-order valence-corrected chi connectivity index (χ0v) is 15.4. The van der Waals surface area contributed by atoms with Crippen LogP contribution in [0.5, 0.6) is 5.75 Å². The van der Waals surface area contributed by atoms with Crippen molar-refractivity contribution in [2.75, 3.05) is 33.4 Å². The van der Waals surface area contributed by atoms with E-state index in [9.17, 15) is 0 Å². The Labute approximate surface area is 144 Å². The number of aliphatic imine (C=N–C) groups is 1. The molecule has 0 spiro atoms. The molecule has 0 fully saturated rings. The fourth-order valence-corrected chi connectivity index (χ4v) is 1.75. The third kappa shape index (κ3) is 7.52. The summed E-state index contributed by atoms with van der Waals surface area (Å²) in [5.41, 5.74) is 7.05. The summed E-state index contributed by atoms with van der Waals surface area (Å²) in [6, 6.07) is 7.88. The van der Waals surface area contributed by atoms with E-state index in [4.69, 9.17) is 15.2 Å². The number of hydrogen-bond acceptors (Lipinski definition) is 3. The van der Waals surface area contributed by atoms with Gasteiger partial charge in [0.1, 0.15) is 12.4 Å². The summed E-state index contributed by atoms with van der Waals surface area (Å²) >= 11 is 0. The molecule has 0 bridgehead atoms. The third-order valence-electron chi connectivity index (χ3n) is 2.99. The summed E-state index contributed by atoms with van der Waals surface area (Å²) in [7, 11) is 1.66. The number of ether oxygens (including phenoxy) is 2. The van der Waals surface area contributed by atoms with Crippen molar-refractivity contribution in [3.05, 3.63) is 29.8 Å². The predicted molar refractivity (Wildman–Crippen MR) is 97.5 cm³/mol. The molecule has 120 valence electrons. The van der Waals surface area contributed by atoms with E-state index >= 15 is 0 Å². The molecule has 0 atom stereocenters. The van der Waals surface area contributed by atoms with Crippen LogP contribution in [0.15, 0.2) is 29.3 Å². The van der Waals surface area contributed by atoms with Crippen molar-refractivity contribution in [1.82, 2.24) is 4.90 Å². The van der Waals surface area contributed by atoms with Crippen LogP contribution in [0.4, 0.5) is 0 Å². The average Bonchev–Trinajstić information content (AvgIpc) is 2.48. The summed E-state index contributed by atoms with van der Waals surface area (Å²) in [6.45, 7) is 7.61. The summed E-state index contributed by atoms with van der Waals surface area (Å²) in [5, 5.41) is 0. The second-order valence-corrected chi connectivity index (χ2v) is 4.33. The Hall–Kier alpha value is -1.02. The fraction of sp³-hybridized carbons (Fsp3) is 0.533. The van der Waals surface area contributed by atoms with E-state index in [1.165, 1.54) is 0 Å². The van der Waals surface area contributed by atoms with Gasteiger partial charge in [-0.2, -0.15) is 0 Å². The molecule has 0 aliphatic carbocycles. The first-order chi connectivity index (χ1) is 9.71. The molecule has 1 aromatic rings. The summed E-state index contributed by atoms with van der Waals surface area (Å²) in [6.07, 6.45) is 0. The van der Waals surface area contributed by atoms with Crippen molar-refractivity contribution < 1.29 is 9.47 Å². The standard InChI is InChI=1S/C15H25N3O2.HI/c1-4-18(5-2)15(16)17-12-13-6-8-14(9-7-13)20-11-10-19-3;/h6-9H,4-5,10-12H2,1-3H3,(H2,16,17);1H. The van der Waals surface area contributed by atoms with Gasteiger partial charge in [0.2, 0.25) is 0 Å². The van der Waals surface area contributed by atoms with Gasteiger partial charge in [0, 0.05) is 20.2 Å². The number of guanidine groups is 1. The molecular formula is C15H26IN3O2. The SMILES string of the molecule is CCN(CC)C(N)=NCc1ccc(OCCOC)cc1.I. The van der Waals surface area contributed by atoms with Crippen LogP contribution in [0.3, 0.4) is 0 Å². The highest BCUT2D eigenvalue weighted by Crippen LogP contribution is 2.12. The first-order valence-electron chi connectivity index (χ1n) is 6.96. The van der Waals surface area contributed by atoms with Crippen LogP contribution in [-0.4, -0.2) is 44.3 Å². The van der Waals surface area contributed by atoms with E-state index < -0.39 is 0 Å². The van der Waals surface area contributed by atoms with Crippen LogP contribution >= 0.6 is 24.0 Å². The van der Waals surface area contributed by atoms with Crippen molar-refractivity contribution in [3.8, 4) is 5.75 Å². The second-order valence-electron chi connectivity index (χ2n) is 4.33. The molecule has 0 saturated carbocycles. The van der Waals surface area contributed by atoms with Gasteiger partial charge >= 0.3 is 0 Å². The summed E-state index contributed by atoms with van der Waals surface area (Å²) in [4.78, 5) is 6.43. The molecule has 0 amide bonds. The summed E-state index contributed by atoms with van der Waals surface area (Å²) < 4.78 is 10.4. The first kappa shape index (κ1) is 20.0. The number of rotatable bonds is 8. The Kier molecular flexibility index (Phi) is 11.1. The molecule has 0 radical (unpaired) electrons. The van der Waals surface area contributed by atoms with Crippen molar-refractivity contribution >= 4 is 29.9 Å². The lowest BCUT2D eigenvalue weighted by atomic mass is 10.2. The van der Waals surface area contributed by atoms with E-state index in [1.807, 2.05) is 29.2 Å². The molecule has 0 aromatic heterocycles. The minimum absolute atomic E-state index is 0. The molecule has 1 aromatic carbocycles. The maximum Gasteiger partial charge on any atom is 0.191 e. The van der Waals surface area contributed by atoms with E-state index in [2.05, 4.69) is 18.8 Å². The number of methoxy groups -OCH3 is 1. The van der Waals surface area contributed by atoms with E-state index in [-0.39, 0.29) is 24.0 Å². The van der Waals surface area contributed by atoms with Crippen molar-refractivity contribution in [1.29, 1.82) is 0 Å². The van der Waals surface area contributed by atoms with Gasteiger partial charge in [0.15, 0.2) is 5.96 Å². The molecule has 0 aliphatic rings. The predicted octanol–water partition coefficient (Wildman–Crippen LogP) is 2.49. The highest BCUT2D eigenvalue weighted by Gasteiger charge is 2.01. The van der Waals surface area contributed by atoms with Gasteiger partial charge in [-0.05, 0) is 31.5 Å². The van der Waals surface area contributed by atoms with E-state index in [1.54, 1.807) is 7.11 Å². The number of hydrogen-bond donors (Lipinski definition) is 1. The zero-order chi connectivity index (χ0) is 14.8. The van der Waals surface area contributed by atoms with Gasteiger partial charge in [0.05, 0.1) is 13.2 Å². The highest BCUT2D eigenvalue weighted by molar-refractivity contribution is 14.0. The molecule has 0 aliphatic heterocycles. The Morgan fingerprint density at radius 1 is 1.14 bits per heavy atom. The van der Waals surface area contributed by atoms with Crippen LogP contribution in [0, 0.1) is 0 Å². The van der Waals surface area contributed by atoms with Gasteiger partial charge in [-0.1, -0.05) is 12.1 Å². The van der Waals surface area contributed by atoms with Crippen LogP contribution in [0.1, 0.15) is 19.4 Å². The molecule has 2 N–H and O–H groups in total. The van der Waals surface area contributed by atoms with E-state index in [0.29, 0.717) is 25.7 Å². The number of nitrogens with zero attached hydrogens (tertiary/aromatic N) is 2. The molecule has 21 heavy (non-hydrogen) atoms. The molecule has 1 rings (SSSR count). The normalized spacial score (nSPS) is 10.9. The topological polar surface area (TPSA) is 60.1 Å². The number of benzene rings is 1. The van der Waals surface area contributed by atoms with Crippen LogP contribution in [-0.2, 0) is 11.3 Å². The fourth-order valence-electron chi connectivity index (χ4n) is 1.75. The smallest absolute Gasteiger partial charge is 0.191 e. The molecule has 6 heteroatoms. The lowest BCUT2D eigenvalue weighted by molar-refractivity contribution is 0.146. The Morgan fingerprint density at radius 2 is 1.76 bits per heavy atom. The third-order valence-corrected chi connectivity index (χ3v) is 2.99. The monoisotopic (exact) mass is 407 g/mol. The quantitative estimate of drug-likeness (QED) is 0.311. The summed E-state index contributed by atoms with van der Waals surface area (Å²) in [5.74, 6) is 1.43. The average molecular weight is 407 g/mol. The molecule has 5 nitrogen and oxygen atoms in total. The Bertz CT molecular complexity index is 406. The number of nitrogens with two attached hydrogens (primary N) is 1. The minimum Gasteiger partial charge on any atom is -0.491 e. The number of halogens is 1. The first-order valence-corrected chi connectivity index (χ1v) is 6.96. The molecule has 0 unspecified atom stereocenters. The van der Waals surface area contributed by atoms with Crippen molar-refractivity contribution in [3.63, 3.8) is 0 Å². The largest absolute Gasteiger partial charge is 0.491 e. The van der Waals surface area contributed by atoms with Crippen molar-refractivity contribution in [2.24, 2.45) is 10.7 Å². The second kappa shape index (κ2) is 11.6. The van der Waals surface area contributed by atoms with Gasteiger partial charge in [0.25, 0.3) is 0 Å². The lowest BCUT2D eigenvalue weighted by Gasteiger charge is -2.19. The maximum absolute atomic E-state index is 5.94. The molecule has 0 heterocycles. The van der Waals surface area contributed by atoms with Crippen molar-refractivity contribution in [2.45, 2.75) is 20.4 Å². The van der Waals surface area contributed by atoms with Gasteiger partial charge in [-0.25, -0.2) is 4.99 Å². The Balaban J connectivity index is 0.00000400. The molecular weight excluding hydrogens is 381 g/mol. The van der Waals surface area contributed by atoms with Gasteiger partial charge in [-0.15, -0.1) is 24.0 Å². The van der Waals surface area contributed by atoms with Gasteiger partial charge < -0.3 is 20.1 Å². The highest BCUT2D eigenvalue weighted by atomic mass is 127. The van der Waals surface area contributed by atoms with Gasteiger partial charge in [-0.3, -0.25) is 0 Å². The Morgan fingerprint density at radius 3 is 2.29 bits per heavy atom. The zero-order valence-electron chi connectivity index (χ0n) is 13.0. The van der Waals surface area contributed by atoms with E-state index in [0.717, 1.165) is 24.4 Å². The maximum atomic E-state index is 5.94.